The second-order valence-corrected chi connectivity index (χ2v) is 8.46. The van der Waals surface area contributed by atoms with Gasteiger partial charge in [0.15, 0.2) is 0 Å². The standard InChI is InChI=1S/C12H15BrClNO4S/c1-12(2,3)6-15-20(18,19)7-4-8(11(16)17)10(14)9(13)5-7/h4-5,15H,6H2,1-3H3,(H,16,17). The van der Waals surface area contributed by atoms with Gasteiger partial charge in [-0.25, -0.2) is 17.9 Å². The van der Waals surface area contributed by atoms with Gasteiger partial charge < -0.3 is 5.11 Å². The Labute approximate surface area is 131 Å². The van der Waals surface area contributed by atoms with Crippen molar-refractivity contribution in [2.24, 2.45) is 5.41 Å². The Bertz CT molecular complexity index is 638. The Balaban J connectivity index is 3.23. The Morgan fingerprint density at radius 1 is 1.40 bits per heavy atom. The van der Waals surface area contributed by atoms with Gasteiger partial charge in [0.25, 0.3) is 0 Å². The van der Waals surface area contributed by atoms with Gasteiger partial charge in [-0.05, 0) is 33.5 Å². The first-order valence-electron chi connectivity index (χ1n) is 5.66. The first kappa shape index (κ1) is 17.4. The van der Waals surface area contributed by atoms with Crippen LogP contribution in [-0.4, -0.2) is 26.0 Å². The van der Waals surface area contributed by atoms with Crippen LogP contribution in [0.4, 0.5) is 0 Å². The molecule has 0 unspecified atom stereocenters. The molecule has 20 heavy (non-hydrogen) atoms. The summed E-state index contributed by atoms with van der Waals surface area (Å²) in [5.74, 6) is -1.29. The molecular weight excluding hydrogens is 370 g/mol. The molecule has 0 saturated heterocycles. The third-order valence-corrected chi connectivity index (χ3v) is 4.98. The van der Waals surface area contributed by atoms with Crippen LogP contribution in [0.2, 0.25) is 5.02 Å². The van der Waals surface area contributed by atoms with Crippen LogP contribution in [0.1, 0.15) is 31.1 Å². The van der Waals surface area contributed by atoms with Crippen molar-refractivity contribution in [3.05, 3.63) is 27.2 Å². The summed E-state index contributed by atoms with van der Waals surface area (Å²) < 4.78 is 27.0. The predicted octanol–water partition coefficient (Wildman–Crippen LogP) is 3.13. The highest BCUT2D eigenvalue weighted by molar-refractivity contribution is 9.10. The van der Waals surface area contributed by atoms with Crippen molar-refractivity contribution in [3.63, 3.8) is 0 Å². The van der Waals surface area contributed by atoms with Crippen molar-refractivity contribution in [2.45, 2.75) is 25.7 Å². The first-order valence-corrected chi connectivity index (χ1v) is 8.31. The highest BCUT2D eigenvalue weighted by Gasteiger charge is 2.22. The lowest BCUT2D eigenvalue weighted by Gasteiger charge is -2.19. The molecule has 0 saturated carbocycles. The Kier molecular flexibility index (Phi) is 5.23. The fourth-order valence-corrected chi connectivity index (χ4v) is 3.41. The van der Waals surface area contributed by atoms with E-state index in [2.05, 4.69) is 20.7 Å². The van der Waals surface area contributed by atoms with Crippen molar-refractivity contribution in [1.82, 2.24) is 4.72 Å². The number of carboxylic acids is 1. The molecule has 0 atom stereocenters. The van der Waals surface area contributed by atoms with Crippen molar-refractivity contribution in [2.75, 3.05) is 6.54 Å². The molecule has 0 aliphatic heterocycles. The summed E-state index contributed by atoms with van der Waals surface area (Å²) in [6, 6.07) is 2.32. The molecule has 0 bridgehead atoms. The zero-order valence-electron chi connectivity index (χ0n) is 11.2. The van der Waals surface area contributed by atoms with Gasteiger partial charge in [0.05, 0.1) is 15.5 Å². The molecule has 0 spiro atoms. The number of hydrogen-bond acceptors (Lipinski definition) is 3. The maximum Gasteiger partial charge on any atom is 0.337 e. The molecule has 1 aromatic rings. The summed E-state index contributed by atoms with van der Waals surface area (Å²) in [6.45, 7) is 5.89. The van der Waals surface area contributed by atoms with Gasteiger partial charge in [0.2, 0.25) is 10.0 Å². The minimum Gasteiger partial charge on any atom is -0.478 e. The molecule has 0 aromatic heterocycles. The summed E-state index contributed by atoms with van der Waals surface area (Å²) in [5, 5.41) is 8.98. The smallest absolute Gasteiger partial charge is 0.337 e. The number of benzene rings is 1. The van der Waals surface area contributed by atoms with Gasteiger partial charge in [-0.15, -0.1) is 0 Å². The molecule has 112 valence electrons. The minimum atomic E-state index is -3.79. The molecule has 0 aliphatic rings. The molecule has 0 heterocycles. The number of rotatable bonds is 4. The lowest BCUT2D eigenvalue weighted by atomic mass is 9.98. The predicted molar refractivity (Wildman–Crippen MR) is 80.8 cm³/mol. The van der Waals surface area contributed by atoms with Crippen LogP contribution >= 0.6 is 27.5 Å². The Morgan fingerprint density at radius 2 is 1.95 bits per heavy atom. The lowest BCUT2D eigenvalue weighted by molar-refractivity contribution is 0.0696. The largest absolute Gasteiger partial charge is 0.478 e. The van der Waals surface area contributed by atoms with Gasteiger partial charge in [-0.2, -0.15) is 0 Å². The molecule has 0 radical (unpaired) electrons. The van der Waals surface area contributed by atoms with Crippen LogP contribution in [0, 0.1) is 5.41 Å². The molecule has 5 nitrogen and oxygen atoms in total. The van der Waals surface area contributed by atoms with Crippen molar-refractivity contribution in [1.29, 1.82) is 0 Å². The van der Waals surface area contributed by atoms with Crippen LogP contribution < -0.4 is 4.72 Å². The van der Waals surface area contributed by atoms with Crippen molar-refractivity contribution in [3.8, 4) is 0 Å². The average Bonchev–Trinajstić information content (AvgIpc) is 2.28. The van der Waals surface area contributed by atoms with E-state index in [0.717, 1.165) is 6.07 Å². The van der Waals surface area contributed by atoms with E-state index in [1.165, 1.54) is 6.07 Å². The number of halogens is 2. The van der Waals surface area contributed by atoms with E-state index in [0.29, 0.717) is 0 Å². The third kappa shape index (κ3) is 4.44. The number of sulfonamides is 1. The molecule has 1 rings (SSSR count). The van der Waals surface area contributed by atoms with Gasteiger partial charge in [0, 0.05) is 11.0 Å². The van der Waals surface area contributed by atoms with Crippen LogP contribution in [0.5, 0.6) is 0 Å². The van der Waals surface area contributed by atoms with Crippen LogP contribution in [0.3, 0.4) is 0 Å². The van der Waals surface area contributed by atoms with Crippen molar-refractivity contribution < 1.29 is 18.3 Å². The summed E-state index contributed by atoms with van der Waals surface area (Å²) in [6.07, 6.45) is 0. The fraction of sp³-hybridized carbons (Fsp3) is 0.417. The second-order valence-electron chi connectivity index (χ2n) is 5.46. The molecule has 0 amide bonds. The molecule has 0 aliphatic carbocycles. The Morgan fingerprint density at radius 3 is 2.40 bits per heavy atom. The number of carboxylic acid groups (broad SMARTS) is 1. The number of nitrogens with one attached hydrogen (secondary N) is 1. The zero-order chi connectivity index (χ0) is 15.7. The summed E-state index contributed by atoms with van der Waals surface area (Å²) in [7, 11) is -3.79. The normalized spacial score (nSPS) is 12.4. The van der Waals surface area contributed by atoms with Gasteiger partial charge in [-0.1, -0.05) is 32.4 Å². The van der Waals surface area contributed by atoms with Crippen molar-refractivity contribution >= 4 is 43.5 Å². The molecule has 8 heteroatoms. The minimum absolute atomic E-state index is 0.0349. The van der Waals surface area contributed by atoms with E-state index >= 15 is 0 Å². The summed E-state index contributed by atoms with van der Waals surface area (Å²) in [4.78, 5) is 10.9. The van der Waals surface area contributed by atoms with E-state index in [1.54, 1.807) is 0 Å². The van der Waals surface area contributed by atoms with Crippen LogP contribution in [-0.2, 0) is 10.0 Å². The molecule has 2 N–H and O–H groups in total. The van der Waals surface area contributed by atoms with E-state index in [1.807, 2.05) is 20.8 Å². The summed E-state index contributed by atoms with van der Waals surface area (Å²) >= 11 is 8.88. The number of carbonyl (C=O) groups is 1. The molecule has 1 aromatic carbocycles. The highest BCUT2D eigenvalue weighted by Crippen LogP contribution is 2.30. The van der Waals surface area contributed by atoms with E-state index in [9.17, 15) is 13.2 Å². The average molecular weight is 385 g/mol. The van der Waals surface area contributed by atoms with Gasteiger partial charge in [0.1, 0.15) is 0 Å². The summed E-state index contributed by atoms with van der Waals surface area (Å²) in [5.41, 5.74) is -0.496. The maximum atomic E-state index is 12.1. The first-order chi connectivity index (χ1) is 8.94. The zero-order valence-corrected chi connectivity index (χ0v) is 14.4. The third-order valence-electron chi connectivity index (χ3n) is 2.33. The number of hydrogen-bond donors (Lipinski definition) is 2. The van der Waals surface area contributed by atoms with Gasteiger partial charge in [-0.3, -0.25) is 0 Å². The lowest BCUT2D eigenvalue weighted by Crippen LogP contribution is -2.32. The van der Waals surface area contributed by atoms with E-state index in [4.69, 9.17) is 16.7 Å². The van der Waals surface area contributed by atoms with E-state index < -0.39 is 16.0 Å². The van der Waals surface area contributed by atoms with Crippen LogP contribution in [0.15, 0.2) is 21.5 Å². The highest BCUT2D eigenvalue weighted by atomic mass is 79.9. The second kappa shape index (κ2) is 6.01. The van der Waals surface area contributed by atoms with Gasteiger partial charge >= 0.3 is 5.97 Å². The fourth-order valence-electron chi connectivity index (χ4n) is 1.27. The van der Waals surface area contributed by atoms with Crippen LogP contribution in [0.25, 0.3) is 0 Å². The monoisotopic (exact) mass is 383 g/mol. The number of aromatic carboxylic acids is 1. The maximum absolute atomic E-state index is 12.1. The molecule has 0 fully saturated rings. The SMILES string of the molecule is CC(C)(C)CNS(=O)(=O)c1cc(Br)c(Cl)c(C(=O)O)c1. The topological polar surface area (TPSA) is 83.5 Å². The molecular formula is C12H15BrClNO4S. The quantitative estimate of drug-likeness (QED) is 0.835. The van der Waals surface area contributed by atoms with E-state index in [-0.39, 0.29) is 31.9 Å². The Hall–Kier alpha value is -0.630.